The Morgan fingerprint density at radius 1 is 1.24 bits per heavy atom. The molecule has 0 aliphatic rings. The quantitative estimate of drug-likeness (QED) is 0.824. The van der Waals surface area contributed by atoms with Gasteiger partial charge in [-0.25, -0.2) is 0 Å². The largest absolute Gasteiger partial charge is 0.481 e. The van der Waals surface area contributed by atoms with Crippen molar-refractivity contribution in [3.05, 3.63) is 35.4 Å². The fourth-order valence-corrected chi connectivity index (χ4v) is 1.72. The minimum absolute atomic E-state index is 0.446. The molecule has 1 aromatic carbocycles. The Kier molecular flexibility index (Phi) is 4.70. The van der Waals surface area contributed by atoms with Gasteiger partial charge in [0.15, 0.2) is 0 Å². The first-order chi connectivity index (χ1) is 7.97. The van der Waals surface area contributed by atoms with Gasteiger partial charge < -0.3 is 10.8 Å². The van der Waals surface area contributed by atoms with E-state index in [4.69, 9.17) is 10.8 Å². The van der Waals surface area contributed by atoms with Gasteiger partial charge >= 0.3 is 5.97 Å². The molecule has 0 fully saturated rings. The maximum absolute atomic E-state index is 10.9. The molecule has 0 amide bonds. The summed E-state index contributed by atoms with van der Waals surface area (Å²) in [6.07, 6.45) is 1.09. The standard InChI is InChI=1S/C14H21NO2/c1-4-9(2)11-5-7-12(8-6-11)13(15)10(3)14(16)17/h5-10,13H,4,15H2,1-3H3,(H,16,17). The molecule has 0 bridgehead atoms. The average Bonchev–Trinajstić information content (AvgIpc) is 2.36. The molecule has 94 valence electrons. The zero-order valence-corrected chi connectivity index (χ0v) is 10.7. The number of aliphatic carboxylic acids is 1. The van der Waals surface area contributed by atoms with Crippen LogP contribution in [-0.2, 0) is 4.79 Å². The highest BCUT2D eigenvalue weighted by atomic mass is 16.4. The third kappa shape index (κ3) is 3.30. The molecule has 17 heavy (non-hydrogen) atoms. The van der Waals surface area contributed by atoms with Crippen molar-refractivity contribution in [2.75, 3.05) is 0 Å². The first-order valence-electron chi connectivity index (χ1n) is 6.05. The van der Waals surface area contributed by atoms with Crippen molar-refractivity contribution in [2.24, 2.45) is 11.7 Å². The lowest BCUT2D eigenvalue weighted by molar-refractivity contribution is -0.141. The minimum atomic E-state index is -0.858. The summed E-state index contributed by atoms with van der Waals surface area (Å²) in [7, 11) is 0. The summed E-state index contributed by atoms with van der Waals surface area (Å²) in [6, 6.07) is 7.51. The Morgan fingerprint density at radius 2 is 1.71 bits per heavy atom. The Hall–Kier alpha value is -1.35. The number of benzene rings is 1. The molecule has 3 N–H and O–H groups in total. The van der Waals surface area contributed by atoms with E-state index in [1.165, 1.54) is 5.56 Å². The van der Waals surface area contributed by atoms with Gasteiger partial charge in [-0.1, -0.05) is 45.0 Å². The number of nitrogens with two attached hydrogens (primary N) is 1. The number of carboxylic acids is 1. The summed E-state index contributed by atoms with van der Waals surface area (Å²) < 4.78 is 0. The Morgan fingerprint density at radius 3 is 2.12 bits per heavy atom. The first kappa shape index (κ1) is 13.7. The van der Waals surface area contributed by atoms with Crippen molar-refractivity contribution < 1.29 is 9.90 Å². The third-order valence-electron chi connectivity index (χ3n) is 3.43. The summed E-state index contributed by atoms with van der Waals surface area (Å²) in [5.41, 5.74) is 8.07. The monoisotopic (exact) mass is 235 g/mol. The van der Waals surface area contributed by atoms with Crippen molar-refractivity contribution in [2.45, 2.75) is 39.2 Å². The van der Waals surface area contributed by atoms with Crippen molar-refractivity contribution in [3.8, 4) is 0 Å². The second kappa shape index (κ2) is 5.82. The molecule has 1 rings (SSSR count). The molecule has 0 aliphatic heterocycles. The third-order valence-corrected chi connectivity index (χ3v) is 3.43. The summed E-state index contributed by atoms with van der Waals surface area (Å²) in [6.45, 7) is 5.96. The van der Waals surface area contributed by atoms with E-state index in [1.807, 2.05) is 24.3 Å². The van der Waals surface area contributed by atoms with Crippen LogP contribution in [0.3, 0.4) is 0 Å². The lowest BCUT2D eigenvalue weighted by atomic mass is 9.92. The van der Waals surface area contributed by atoms with Crippen LogP contribution in [0.25, 0.3) is 0 Å². The summed E-state index contributed by atoms with van der Waals surface area (Å²) >= 11 is 0. The molecule has 0 saturated heterocycles. The van der Waals surface area contributed by atoms with Crippen LogP contribution >= 0.6 is 0 Å². The fraction of sp³-hybridized carbons (Fsp3) is 0.500. The first-order valence-corrected chi connectivity index (χ1v) is 6.05. The highest BCUT2D eigenvalue weighted by Gasteiger charge is 2.21. The van der Waals surface area contributed by atoms with Gasteiger partial charge in [-0.3, -0.25) is 4.79 Å². The van der Waals surface area contributed by atoms with Crippen LogP contribution in [0.15, 0.2) is 24.3 Å². The molecule has 0 aromatic heterocycles. The van der Waals surface area contributed by atoms with Crippen LogP contribution in [0.5, 0.6) is 0 Å². The van der Waals surface area contributed by atoms with Gasteiger partial charge in [0, 0.05) is 6.04 Å². The molecular formula is C14H21NO2. The number of hydrogen-bond acceptors (Lipinski definition) is 2. The molecule has 0 aliphatic carbocycles. The molecule has 3 nitrogen and oxygen atoms in total. The van der Waals surface area contributed by atoms with E-state index in [0.717, 1.165) is 12.0 Å². The number of carboxylic acid groups (broad SMARTS) is 1. The molecule has 0 heterocycles. The van der Waals surface area contributed by atoms with E-state index in [9.17, 15) is 4.79 Å². The van der Waals surface area contributed by atoms with Gasteiger partial charge in [0.05, 0.1) is 5.92 Å². The lowest BCUT2D eigenvalue weighted by Gasteiger charge is -2.17. The van der Waals surface area contributed by atoms with Crippen LogP contribution in [0.1, 0.15) is 50.3 Å². The minimum Gasteiger partial charge on any atom is -0.481 e. The molecule has 3 heteroatoms. The number of rotatable bonds is 5. The van der Waals surface area contributed by atoms with Crippen LogP contribution in [-0.4, -0.2) is 11.1 Å². The van der Waals surface area contributed by atoms with Gasteiger partial charge in [-0.15, -0.1) is 0 Å². The Bertz CT molecular complexity index is 372. The smallest absolute Gasteiger partial charge is 0.308 e. The maximum Gasteiger partial charge on any atom is 0.308 e. The van der Waals surface area contributed by atoms with Gasteiger partial charge in [-0.05, 0) is 23.5 Å². The van der Waals surface area contributed by atoms with Crippen molar-refractivity contribution in [3.63, 3.8) is 0 Å². The van der Waals surface area contributed by atoms with Gasteiger partial charge in [0.1, 0.15) is 0 Å². The molecule has 0 saturated carbocycles. The molecular weight excluding hydrogens is 214 g/mol. The van der Waals surface area contributed by atoms with Crippen LogP contribution in [0.2, 0.25) is 0 Å². The summed E-state index contributed by atoms with van der Waals surface area (Å²) in [5, 5.41) is 8.91. The highest BCUT2D eigenvalue weighted by molar-refractivity contribution is 5.70. The Balaban J connectivity index is 2.83. The molecule has 0 spiro atoms. The van der Waals surface area contributed by atoms with Gasteiger partial charge in [0.2, 0.25) is 0 Å². The van der Waals surface area contributed by atoms with Crippen molar-refractivity contribution >= 4 is 5.97 Å². The van der Waals surface area contributed by atoms with E-state index in [-0.39, 0.29) is 0 Å². The van der Waals surface area contributed by atoms with Crippen LogP contribution in [0.4, 0.5) is 0 Å². The van der Waals surface area contributed by atoms with Crippen molar-refractivity contribution in [1.82, 2.24) is 0 Å². The van der Waals surface area contributed by atoms with E-state index in [1.54, 1.807) is 6.92 Å². The average molecular weight is 235 g/mol. The number of hydrogen-bond donors (Lipinski definition) is 2. The molecule has 3 unspecified atom stereocenters. The second-order valence-electron chi connectivity index (χ2n) is 4.63. The lowest BCUT2D eigenvalue weighted by Crippen LogP contribution is -2.25. The van der Waals surface area contributed by atoms with E-state index in [2.05, 4.69) is 13.8 Å². The predicted octanol–water partition coefficient (Wildman–Crippen LogP) is 2.92. The van der Waals surface area contributed by atoms with Gasteiger partial charge in [-0.2, -0.15) is 0 Å². The normalized spacial score (nSPS) is 16.2. The molecule has 3 atom stereocenters. The fourth-order valence-electron chi connectivity index (χ4n) is 1.72. The summed E-state index contributed by atoms with van der Waals surface area (Å²) in [5.74, 6) is -0.898. The van der Waals surface area contributed by atoms with Crippen molar-refractivity contribution in [1.29, 1.82) is 0 Å². The topological polar surface area (TPSA) is 63.3 Å². The molecule has 1 aromatic rings. The van der Waals surface area contributed by atoms with E-state index < -0.39 is 17.9 Å². The van der Waals surface area contributed by atoms with E-state index in [0.29, 0.717) is 5.92 Å². The van der Waals surface area contributed by atoms with Crippen LogP contribution < -0.4 is 5.73 Å². The van der Waals surface area contributed by atoms with E-state index >= 15 is 0 Å². The molecule has 0 radical (unpaired) electrons. The number of carbonyl (C=O) groups is 1. The highest BCUT2D eigenvalue weighted by Crippen LogP contribution is 2.23. The second-order valence-corrected chi connectivity index (χ2v) is 4.63. The summed E-state index contributed by atoms with van der Waals surface area (Å²) in [4.78, 5) is 10.9. The Labute approximate surface area is 103 Å². The predicted molar refractivity (Wildman–Crippen MR) is 68.9 cm³/mol. The SMILES string of the molecule is CCC(C)c1ccc(C(N)C(C)C(=O)O)cc1. The van der Waals surface area contributed by atoms with Crippen LogP contribution in [0, 0.1) is 5.92 Å². The van der Waals surface area contributed by atoms with Gasteiger partial charge in [0.25, 0.3) is 0 Å². The zero-order valence-electron chi connectivity index (χ0n) is 10.7. The zero-order chi connectivity index (χ0) is 13.0. The maximum atomic E-state index is 10.9.